The highest BCUT2D eigenvalue weighted by Crippen LogP contribution is 2.33. The van der Waals surface area contributed by atoms with Gasteiger partial charge in [0.1, 0.15) is 11.6 Å². The van der Waals surface area contributed by atoms with E-state index in [0.29, 0.717) is 4.47 Å². The van der Waals surface area contributed by atoms with Crippen molar-refractivity contribution in [2.75, 3.05) is 0 Å². The number of nitrogens with two attached hydrogens (primary N) is 1. The van der Waals surface area contributed by atoms with Crippen LogP contribution in [0.2, 0.25) is 0 Å². The molecule has 14 heavy (non-hydrogen) atoms. The Balaban J connectivity index is 0.00000169. The molecule has 1 aromatic rings. The first kappa shape index (κ1) is 13.4. The van der Waals surface area contributed by atoms with Gasteiger partial charge in [0.25, 0.3) is 0 Å². The molecule has 5 heteroatoms. The molecule has 0 aliphatic rings. The Labute approximate surface area is 96.2 Å². The SMILES string of the molecule is C=C[C@@H](N)c1c(F)ccc(Br)c1O.Cl. The molecule has 0 unspecified atom stereocenters. The zero-order valence-corrected chi connectivity index (χ0v) is 9.61. The number of phenols is 1. The molecule has 1 rings (SSSR count). The van der Waals surface area contributed by atoms with Crippen LogP contribution in [0.1, 0.15) is 11.6 Å². The minimum absolute atomic E-state index is 0. The standard InChI is InChI=1S/C9H9BrFNO.ClH/c1-2-7(12)8-6(11)4-3-5(10)9(8)13;/h2-4,7,13H,1,12H2;1H/t7-;/m1./s1. The first-order valence-electron chi connectivity index (χ1n) is 3.63. The van der Waals surface area contributed by atoms with Gasteiger partial charge in [0.2, 0.25) is 0 Å². The maximum absolute atomic E-state index is 13.2. The molecule has 78 valence electrons. The molecule has 0 fully saturated rings. The summed E-state index contributed by atoms with van der Waals surface area (Å²) < 4.78 is 13.6. The van der Waals surface area contributed by atoms with Crippen molar-refractivity contribution >= 4 is 28.3 Å². The van der Waals surface area contributed by atoms with Gasteiger partial charge in [-0.1, -0.05) is 6.08 Å². The predicted molar refractivity (Wildman–Crippen MR) is 60.1 cm³/mol. The zero-order valence-electron chi connectivity index (χ0n) is 7.21. The third-order valence-corrected chi connectivity index (χ3v) is 2.34. The molecule has 0 aliphatic carbocycles. The minimum Gasteiger partial charge on any atom is -0.506 e. The maximum Gasteiger partial charge on any atom is 0.137 e. The third kappa shape index (κ3) is 2.47. The molecule has 0 amide bonds. The predicted octanol–water partition coefficient (Wildman–Crippen LogP) is 2.90. The lowest BCUT2D eigenvalue weighted by Gasteiger charge is -2.11. The lowest BCUT2D eigenvalue weighted by Crippen LogP contribution is -2.09. The van der Waals surface area contributed by atoms with Crippen LogP contribution in [0.4, 0.5) is 4.39 Å². The van der Waals surface area contributed by atoms with Crippen molar-refractivity contribution < 1.29 is 9.50 Å². The van der Waals surface area contributed by atoms with Gasteiger partial charge in [-0.05, 0) is 28.1 Å². The third-order valence-electron chi connectivity index (χ3n) is 1.70. The van der Waals surface area contributed by atoms with Gasteiger partial charge in [0.15, 0.2) is 0 Å². The van der Waals surface area contributed by atoms with Gasteiger partial charge in [-0.3, -0.25) is 0 Å². The average Bonchev–Trinajstić information content (AvgIpc) is 2.12. The largest absolute Gasteiger partial charge is 0.506 e. The number of halogens is 3. The van der Waals surface area contributed by atoms with Crippen molar-refractivity contribution in [1.82, 2.24) is 0 Å². The molecule has 3 N–H and O–H groups in total. The van der Waals surface area contributed by atoms with E-state index in [2.05, 4.69) is 22.5 Å². The fourth-order valence-corrected chi connectivity index (χ4v) is 1.34. The highest BCUT2D eigenvalue weighted by molar-refractivity contribution is 9.10. The van der Waals surface area contributed by atoms with Gasteiger partial charge in [0, 0.05) is 0 Å². The molecular formula is C9H10BrClFNO. The monoisotopic (exact) mass is 281 g/mol. The summed E-state index contributed by atoms with van der Waals surface area (Å²) >= 11 is 3.07. The van der Waals surface area contributed by atoms with Gasteiger partial charge < -0.3 is 10.8 Å². The summed E-state index contributed by atoms with van der Waals surface area (Å²) in [5.74, 6) is -0.708. The highest BCUT2D eigenvalue weighted by Gasteiger charge is 2.15. The maximum atomic E-state index is 13.2. The molecule has 0 bridgehead atoms. The molecule has 1 aromatic carbocycles. The second-order valence-electron chi connectivity index (χ2n) is 2.55. The fraction of sp³-hybridized carbons (Fsp3) is 0.111. The van der Waals surface area contributed by atoms with E-state index in [4.69, 9.17) is 5.73 Å². The lowest BCUT2D eigenvalue weighted by molar-refractivity contribution is 0.452. The van der Waals surface area contributed by atoms with Crippen LogP contribution in [0, 0.1) is 5.82 Å². The van der Waals surface area contributed by atoms with Crippen molar-refractivity contribution in [3.05, 3.63) is 40.6 Å². The van der Waals surface area contributed by atoms with Crippen LogP contribution in [0.15, 0.2) is 29.3 Å². The number of benzene rings is 1. The number of rotatable bonds is 2. The van der Waals surface area contributed by atoms with Crippen molar-refractivity contribution in [3.63, 3.8) is 0 Å². The minimum atomic E-state index is -0.697. The van der Waals surface area contributed by atoms with Crippen molar-refractivity contribution in [2.45, 2.75) is 6.04 Å². The summed E-state index contributed by atoms with van der Waals surface area (Å²) in [7, 11) is 0. The topological polar surface area (TPSA) is 46.2 Å². The van der Waals surface area contributed by atoms with Gasteiger partial charge in [-0.15, -0.1) is 19.0 Å². The number of phenolic OH excluding ortho intramolecular Hbond substituents is 1. The number of aromatic hydroxyl groups is 1. The Hall–Kier alpha value is -0.580. The van der Waals surface area contributed by atoms with E-state index in [1.165, 1.54) is 18.2 Å². The molecule has 0 aromatic heterocycles. The van der Waals surface area contributed by atoms with Crippen LogP contribution in [0.5, 0.6) is 5.75 Å². The molecule has 0 spiro atoms. The van der Waals surface area contributed by atoms with Gasteiger partial charge in [-0.25, -0.2) is 4.39 Å². The van der Waals surface area contributed by atoms with Gasteiger partial charge >= 0.3 is 0 Å². The Morgan fingerprint density at radius 2 is 2.14 bits per heavy atom. The molecular weight excluding hydrogens is 272 g/mol. The van der Waals surface area contributed by atoms with E-state index in [0.717, 1.165) is 0 Å². The molecule has 0 aliphatic heterocycles. The summed E-state index contributed by atoms with van der Waals surface area (Å²) in [5.41, 5.74) is 5.59. The normalized spacial score (nSPS) is 11.6. The van der Waals surface area contributed by atoms with Crippen LogP contribution in [-0.4, -0.2) is 5.11 Å². The van der Waals surface area contributed by atoms with Crippen LogP contribution in [0.25, 0.3) is 0 Å². The van der Waals surface area contributed by atoms with Crippen molar-refractivity contribution in [3.8, 4) is 5.75 Å². The summed E-state index contributed by atoms with van der Waals surface area (Å²) in [6, 6.07) is 1.96. The number of hydrogen-bond acceptors (Lipinski definition) is 2. The average molecular weight is 283 g/mol. The fourth-order valence-electron chi connectivity index (χ4n) is 0.992. The van der Waals surface area contributed by atoms with Crippen LogP contribution < -0.4 is 5.73 Å². The summed E-state index contributed by atoms with van der Waals surface area (Å²) in [4.78, 5) is 0. The van der Waals surface area contributed by atoms with Crippen molar-refractivity contribution in [1.29, 1.82) is 0 Å². The smallest absolute Gasteiger partial charge is 0.137 e. The Kier molecular flexibility index (Phi) is 5.12. The molecule has 0 radical (unpaired) electrons. The molecule has 2 nitrogen and oxygen atoms in total. The first-order valence-corrected chi connectivity index (χ1v) is 4.42. The van der Waals surface area contributed by atoms with Crippen LogP contribution in [0.3, 0.4) is 0 Å². The highest BCUT2D eigenvalue weighted by atomic mass is 79.9. The van der Waals surface area contributed by atoms with E-state index >= 15 is 0 Å². The molecule has 1 atom stereocenters. The van der Waals surface area contributed by atoms with Gasteiger partial charge in [-0.2, -0.15) is 0 Å². The quantitative estimate of drug-likeness (QED) is 0.819. The second-order valence-corrected chi connectivity index (χ2v) is 3.41. The summed E-state index contributed by atoms with van der Waals surface area (Å²) in [6.45, 7) is 3.43. The van der Waals surface area contributed by atoms with E-state index in [-0.39, 0.29) is 23.7 Å². The molecule has 0 saturated heterocycles. The van der Waals surface area contributed by atoms with Crippen molar-refractivity contribution in [2.24, 2.45) is 5.73 Å². The zero-order chi connectivity index (χ0) is 10.0. The Bertz CT molecular complexity index is 346. The molecule has 0 saturated carbocycles. The number of hydrogen-bond donors (Lipinski definition) is 2. The van der Waals surface area contributed by atoms with E-state index in [1.54, 1.807) is 0 Å². The Morgan fingerprint density at radius 1 is 1.57 bits per heavy atom. The van der Waals surface area contributed by atoms with E-state index in [9.17, 15) is 9.50 Å². The Morgan fingerprint density at radius 3 is 2.64 bits per heavy atom. The summed E-state index contributed by atoms with van der Waals surface area (Å²) in [5, 5.41) is 9.47. The molecule has 0 heterocycles. The lowest BCUT2D eigenvalue weighted by atomic mass is 10.1. The summed E-state index contributed by atoms with van der Waals surface area (Å²) in [6.07, 6.45) is 1.37. The van der Waals surface area contributed by atoms with Crippen LogP contribution in [-0.2, 0) is 0 Å². The van der Waals surface area contributed by atoms with Crippen LogP contribution >= 0.6 is 28.3 Å². The van der Waals surface area contributed by atoms with Gasteiger partial charge in [0.05, 0.1) is 16.1 Å². The van der Waals surface area contributed by atoms with E-state index < -0.39 is 11.9 Å². The first-order chi connectivity index (χ1) is 6.07. The van der Waals surface area contributed by atoms with E-state index in [1.807, 2.05) is 0 Å². The second kappa shape index (κ2) is 5.34.